The van der Waals surface area contributed by atoms with Crippen LogP contribution in [0.3, 0.4) is 0 Å². The molecule has 1 nitrogen and oxygen atoms in total. The average molecular weight is 198 g/mol. The first-order valence-corrected chi connectivity index (χ1v) is 8.78. The second-order valence-electron chi connectivity index (χ2n) is 5.94. The van der Waals surface area contributed by atoms with Crippen LogP contribution in [0.25, 0.3) is 0 Å². The van der Waals surface area contributed by atoms with Crippen molar-refractivity contribution < 1.29 is 4.79 Å². The van der Waals surface area contributed by atoms with Crippen LogP contribution < -0.4 is 0 Å². The maximum atomic E-state index is 10.3. The minimum absolute atomic E-state index is 0.737. The van der Waals surface area contributed by atoms with Crippen molar-refractivity contribution in [2.24, 2.45) is 5.92 Å². The second kappa shape index (κ2) is 2.45. The second-order valence-corrected chi connectivity index (χ2v) is 13.3. The molecule has 0 spiro atoms. The van der Waals surface area contributed by atoms with E-state index >= 15 is 0 Å². The van der Waals surface area contributed by atoms with Crippen molar-refractivity contribution in [2.45, 2.75) is 24.2 Å². The number of hydrogen-bond acceptors (Lipinski definition) is 1. The first kappa shape index (κ1) is 9.40. The van der Waals surface area contributed by atoms with E-state index in [9.17, 15) is 4.79 Å². The first-order valence-electron chi connectivity index (χ1n) is 5.06. The quantitative estimate of drug-likeness (QED) is 0.378. The van der Waals surface area contributed by atoms with Crippen LogP contribution in [0.1, 0.15) is 12.8 Å². The fourth-order valence-corrected chi connectivity index (χ4v) is 8.29. The third kappa shape index (κ3) is 1.13. The molecule has 0 aromatic rings. The summed E-state index contributed by atoms with van der Waals surface area (Å²) >= 11 is 0. The number of hydrogen-bond donors (Lipinski definition) is 0. The van der Waals surface area contributed by atoms with Gasteiger partial charge >= 0.3 is 79.9 Å². The summed E-state index contributed by atoms with van der Waals surface area (Å²) in [6, 6.07) is 0. The monoisotopic (exact) mass is 198 g/mol. The molecule has 2 heterocycles. The van der Waals surface area contributed by atoms with E-state index in [4.69, 9.17) is 0 Å². The van der Waals surface area contributed by atoms with Gasteiger partial charge in [0.1, 0.15) is 0 Å². The minimum atomic E-state index is -1.45. The SMILES string of the molecule is CP1(C)(C)C2CC(C2)C1C=CC=O. The molecule has 13 heavy (non-hydrogen) atoms. The predicted octanol–water partition coefficient (Wildman–Crippen LogP) is 2.35. The standard InChI is InChI=1S/C11H19OP/c1-13(2,3)10-7-9(8-10)11(13)5-4-6-12/h4-6,9-11H,7-8H2,1-3H3. The van der Waals surface area contributed by atoms with Crippen LogP contribution in [0.2, 0.25) is 0 Å². The van der Waals surface area contributed by atoms with Crippen LogP contribution in [0.4, 0.5) is 0 Å². The molecule has 0 radical (unpaired) electrons. The van der Waals surface area contributed by atoms with Gasteiger partial charge in [-0.2, -0.15) is 0 Å². The molecule has 3 aliphatic rings. The molecular formula is C11H19OP. The van der Waals surface area contributed by atoms with E-state index in [0.29, 0.717) is 0 Å². The number of allylic oxidation sites excluding steroid dienone is 2. The van der Waals surface area contributed by atoms with E-state index in [1.165, 1.54) is 12.8 Å². The van der Waals surface area contributed by atoms with Crippen molar-refractivity contribution in [3.63, 3.8) is 0 Å². The van der Waals surface area contributed by atoms with Gasteiger partial charge in [-0.05, 0) is 0 Å². The van der Waals surface area contributed by atoms with Crippen LogP contribution in [0, 0.1) is 5.92 Å². The molecule has 0 N–H and O–H groups in total. The van der Waals surface area contributed by atoms with Gasteiger partial charge in [0.15, 0.2) is 0 Å². The third-order valence-corrected chi connectivity index (χ3v) is 10.2. The van der Waals surface area contributed by atoms with Gasteiger partial charge in [0, 0.05) is 0 Å². The Bertz CT molecular complexity index is 266. The molecule has 1 atom stereocenters. The molecule has 2 aliphatic heterocycles. The molecule has 1 aliphatic carbocycles. The van der Waals surface area contributed by atoms with Crippen LogP contribution in [0.15, 0.2) is 12.2 Å². The Morgan fingerprint density at radius 3 is 2.23 bits per heavy atom. The first-order chi connectivity index (χ1) is 5.94. The van der Waals surface area contributed by atoms with Crippen molar-refractivity contribution in [1.29, 1.82) is 0 Å². The topological polar surface area (TPSA) is 17.1 Å². The van der Waals surface area contributed by atoms with Crippen molar-refractivity contribution in [3.8, 4) is 0 Å². The van der Waals surface area contributed by atoms with E-state index in [0.717, 1.165) is 23.5 Å². The van der Waals surface area contributed by atoms with Gasteiger partial charge in [0.05, 0.1) is 0 Å². The Balaban J connectivity index is 2.28. The summed E-state index contributed by atoms with van der Waals surface area (Å²) in [5, 5.41) is 0. The molecule has 1 saturated carbocycles. The number of aldehydes is 1. The summed E-state index contributed by atoms with van der Waals surface area (Å²) < 4.78 is 0. The molecule has 0 aromatic carbocycles. The van der Waals surface area contributed by atoms with Crippen molar-refractivity contribution in [1.82, 2.24) is 0 Å². The fraction of sp³-hybridized carbons (Fsp3) is 0.727. The molecule has 2 saturated heterocycles. The van der Waals surface area contributed by atoms with Crippen molar-refractivity contribution >= 4 is 12.9 Å². The fourth-order valence-electron chi connectivity index (χ4n) is 3.28. The van der Waals surface area contributed by atoms with Gasteiger partial charge < -0.3 is 0 Å². The molecule has 0 aromatic heterocycles. The molecule has 0 amide bonds. The van der Waals surface area contributed by atoms with E-state index in [1.54, 1.807) is 6.08 Å². The molecule has 3 fully saturated rings. The zero-order chi connectivity index (χ0) is 9.71. The molecular weight excluding hydrogens is 179 g/mol. The van der Waals surface area contributed by atoms with Crippen LogP contribution in [-0.4, -0.2) is 37.6 Å². The molecule has 2 heteroatoms. The summed E-state index contributed by atoms with van der Waals surface area (Å²) in [5.74, 6) is 0.902. The number of carbonyl (C=O) groups excluding carboxylic acids is 1. The van der Waals surface area contributed by atoms with Crippen molar-refractivity contribution in [3.05, 3.63) is 12.2 Å². The number of rotatable bonds is 2. The van der Waals surface area contributed by atoms with Crippen LogP contribution in [0.5, 0.6) is 0 Å². The Hall–Kier alpha value is -0.160. The molecule has 2 bridgehead atoms. The summed E-state index contributed by atoms with van der Waals surface area (Å²) in [4.78, 5) is 10.3. The van der Waals surface area contributed by atoms with Gasteiger partial charge in [-0.1, -0.05) is 0 Å². The average Bonchev–Trinajstić information content (AvgIpc) is 2.21. The zero-order valence-corrected chi connectivity index (χ0v) is 9.63. The normalized spacial score (nSPS) is 47.9. The van der Waals surface area contributed by atoms with Crippen LogP contribution in [-0.2, 0) is 4.79 Å². The Morgan fingerprint density at radius 1 is 1.23 bits per heavy atom. The van der Waals surface area contributed by atoms with Gasteiger partial charge in [-0.15, -0.1) is 0 Å². The molecule has 74 valence electrons. The summed E-state index contributed by atoms with van der Waals surface area (Å²) in [5.41, 5.74) is 1.73. The van der Waals surface area contributed by atoms with E-state index in [-0.39, 0.29) is 0 Å². The predicted molar refractivity (Wildman–Crippen MR) is 60.2 cm³/mol. The van der Waals surface area contributed by atoms with E-state index in [1.807, 2.05) is 0 Å². The van der Waals surface area contributed by atoms with Gasteiger partial charge in [0.2, 0.25) is 0 Å². The van der Waals surface area contributed by atoms with Gasteiger partial charge in [0.25, 0.3) is 0 Å². The zero-order valence-electron chi connectivity index (χ0n) is 8.73. The Morgan fingerprint density at radius 2 is 1.85 bits per heavy atom. The van der Waals surface area contributed by atoms with Gasteiger partial charge in [-0.3, -0.25) is 0 Å². The summed E-state index contributed by atoms with van der Waals surface area (Å²) in [6.45, 7) is 6.02. The van der Waals surface area contributed by atoms with E-state index < -0.39 is 6.60 Å². The molecule has 1 unspecified atom stereocenters. The van der Waals surface area contributed by atoms with Crippen LogP contribution >= 0.6 is 6.60 Å². The Kier molecular flexibility index (Phi) is 1.77. The molecule has 3 rings (SSSR count). The number of carbonyl (C=O) groups is 1. The van der Waals surface area contributed by atoms with Crippen molar-refractivity contribution in [2.75, 3.05) is 20.0 Å². The third-order valence-electron chi connectivity index (χ3n) is 4.39. The Labute approximate surface area is 80.5 Å². The summed E-state index contributed by atoms with van der Waals surface area (Å²) in [7, 11) is 0. The van der Waals surface area contributed by atoms with Gasteiger partial charge in [-0.25, -0.2) is 0 Å². The van der Waals surface area contributed by atoms with E-state index in [2.05, 4.69) is 26.1 Å². The maximum absolute atomic E-state index is 10.3. The summed E-state index contributed by atoms with van der Waals surface area (Å²) in [6.07, 6.45) is 7.67. The number of fused-ring (bicyclic) bond motifs is 1.